The number of benzene rings is 4. The monoisotopic (exact) mass is 758 g/mol. The molecule has 3 aliphatic carbocycles. The first-order chi connectivity index (χ1) is 27.4. The Bertz CT molecular complexity index is 1770. The van der Waals surface area contributed by atoms with Crippen molar-refractivity contribution in [1.29, 1.82) is 0 Å². The number of carbonyl (C=O) groups excluding carboxylic acids is 4. The number of ether oxygens (including phenoxy) is 4. The summed E-state index contributed by atoms with van der Waals surface area (Å²) in [7, 11) is 0. The van der Waals surface area contributed by atoms with E-state index in [2.05, 4.69) is 0 Å². The number of amides is 2. The molecule has 2 unspecified atom stereocenters. The Kier molecular flexibility index (Phi) is 13.0. The molecular weight excluding hydrogens is 709 g/mol. The van der Waals surface area contributed by atoms with E-state index in [0.29, 0.717) is 49.3 Å². The third kappa shape index (κ3) is 10.6. The highest BCUT2D eigenvalue weighted by Crippen LogP contribution is 2.37. The first kappa shape index (κ1) is 38.6. The minimum atomic E-state index is -0.859. The highest BCUT2D eigenvalue weighted by molar-refractivity contribution is 5.93. The number of para-hydroxylation sites is 2. The van der Waals surface area contributed by atoms with E-state index in [1.165, 1.54) is 0 Å². The van der Waals surface area contributed by atoms with Gasteiger partial charge in [-0.15, -0.1) is 0 Å². The predicted molar refractivity (Wildman–Crippen MR) is 210 cm³/mol. The number of rotatable bonds is 14. The molecule has 4 aromatic rings. The van der Waals surface area contributed by atoms with Crippen LogP contribution in [-0.2, 0) is 32.2 Å². The van der Waals surface area contributed by atoms with E-state index in [1.807, 2.05) is 109 Å². The molecule has 4 aromatic carbocycles. The SMILES string of the molecule is O=C(OC(=O)N(Cc1ccc(Oc2ccccc2)cc1)CC1CCCC1)C1CCC1C(=O)OC(=O)N(Cc1ccc(Oc2ccccc2)cc1)CC1CCCC1. The summed E-state index contributed by atoms with van der Waals surface area (Å²) in [5.41, 5.74) is 1.74. The summed E-state index contributed by atoms with van der Waals surface area (Å²) in [5, 5.41) is 0. The second kappa shape index (κ2) is 18.8. The molecule has 292 valence electrons. The van der Waals surface area contributed by atoms with Gasteiger partial charge in [-0.05, 0) is 110 Å². The van der Waals surface area contributed by atoms with Crippen LogP contribution in [0, 0.1) is 23.7 Å². The van der Waals surface area contributed by atoms with Crippen LogP contribution in [0.5, 0.6) is 23.0 Å². The van der Waals surface area contributed by atoms with Gasteiger partial charge in [-0.3, -0.25) is 9.59 Å². The lowest BCUT2D eigenvalue weighted by atomic mass is 9.74. The van der Waals surface area contributed by atoms with Gasteiger partial charge in [0, 0.05) is 26.2 Å². The second-order valence-corrected chi connectivity index (χ2v) is 15.3. The van der Waals surface area contributed by atoms with Crippen LogP contribution < -0.4 is 9.47 Å². The minimum Gasteiger partial charge on any atom is -0.457 e. The van der Waals surface area contributed by atoms with Crippen molar-refractivity contribution in [3.8, 4) is 23.0 Å². The molecule has 0 spiro atoms. The highest BCUT2D eigenvalue weighted by Gasteiger charge is 2.45. The molecule has 2 amide bonds. The Labute approximate surface area is 328 Å². The summed E-state index contributed by atoms with van der Waals surface area (Å²) in [4.78, 5) is 57.1. The van der Waals surface area contributed by atoms with Crippen LogP contribution in [0.1, 0.15) is 75.3 Å². The molecule has 2 atom stereocenters. The smallest absolute Gasteiger partial charge is 0.417 e. The van der Waals surface area contributed by atoms with Crippen molar-refractivity contribution >= 4 is 24.1 Å². The van der Waals surface area contributed by atoms with Crippen molar-refractivity contribution in [1.82, 2.24) is 9.80 Å². The van der Waals surface area contributed by atoms with Crippen LogP contribution >= 0.6 is 0 Å². The number of esters is 2. The van der Waals surface area contributed by atoms with Gasteiger partial charge in [-0.25, -0.2) is 9.59 Å². The molecule has 0 heterocycles. The van der Waals surface area contributed by atoms with Crippen LogP contribution in [0.15, 0.2) is 109 Å². The Morgan fingerprint density at radius 3 is 1.12 bits per heavy atom. The quantitative estimate of drug-likeness (QED) is 0.0923. The molecule has 3 fully saturated rings. The maximum Gasteiger partial charge on any atom is 0.417 e. The van der Waals surface area contributed by atoms with Crippen LogP contribution in [0.3, 0.4) is 0 Å². The zero-order chi connectivity index (χ0) is 38.7. The normalized spacial score (nSPS) is 18.1. The number of hydrogen-bond acceptors (Lipinski definition) is 8. The van der Waals surface area contributed by atoms with Gasteiger partial charge >= 0.3 is 24.1 Å². The summed E-state index contributed by atoms with van der Waals surface area (Å²) in [6.07, 6.45) is 7.75. The molecule has 3 saturated carbocycles. The summed E-state index contributed by atoms with van der Waals surface area (Å²) < 4.78 is 22.8. The maximum atomic E-state index is 13.6. The summed E-state index contributed by atoms with van der Waals surface area (Å²) in [6.45, 7) is 1.47. The molecule has 10 heteroatoms. The molecular formula is C46H50N2O8. The van der Waals surface area contributed by atoms with E-state index in [9.17, 15) is 19.2 Å². The molecule has 10 nitrogen and oxygen atoms in total. The van der Waals surface area contributed by atoms with Crippen molar-refractivity contribution in [2.45, 2.75) is 77.3 Å². The average molecular weight is 759 g/mol. The highest BCUT2D eigenvalue weighted by atomic mass is 16.6. The summed E-state index contributed by atoms with van der Waals surface area (Å²) >= 11 is 0. The zero-order valence-electron chi connectivity index (χ0n) is 31.8. The Balaban J connectivity index is 0.945. The topological polar surface area (TPSA) is 112 Å². The standard InChI is InChI=1S/C46H50N2O8/c49-43(55-45(51)47(29-33-11-7-8-12-33)31-35-19-23-39(24-20-35)53-37-15-3-1-4-16-37)41-27-28-42(41)44(50)56-46(52)48(30-34-13-9-10-14-34)32-36-21-25-40(26-22-36)54-38-17-5-2-6-18-38/h1-6,15-26,33-34,41-42H,7-14,27-32H2. The van der Waals surface area contributed by atoms with Gasteiger partial charge in [-0.1, -0.05) is 86.3 Å². The molecule has 3 aliphatic rings. The van der Waals surface area contributed by atoms with Crippen molar-refractivity contribution in [2.75, 3.05) is 13.1 Å². The first-order valence-electron chi connectivity index (χ1n) is 20.0. The van der Waals surface area contributed by atoms with Gasteiger partial charge in [0.25, 0.3) is 0 Å². The Morgan fingerprint density at radius 1 is 0.446 bits per heavy atom. The van der Waals surface area contributed by atoms with E-state index < -0.39 is 36.0 Å². The molecule has 7 rings (SSSR count). The lowest BCUT2D eigenvalue weighted by molar-refractivity contribution is -0.161. The Hall–Kier alpha value is -5.64. The number of hydrogen-bond donors (Lipinski definition) is 0. The molecule has 56 heavy (non-hydrogen) atoms. The fourth-order valence-corrected chi connectivity index (χ4v) is 7.95. The van der Waals surface area contributed by atoms with Crippen LogP contribution in [0.4, 0.5) is 9.59 Å². The lowest BCUT2D eigenvalue weighted by Crippen LogP contribution is -2.45. The van der Waals surface area contributed by atoms with Crippen LogP contribution in [0.2, 0.25) is 0 Å². The van der Waals surface area contributed by atoms with Gasteiger partial charge in [0.2, 0.25) is 0 Å². The van der Waals surface area contributed by atoms with Crippen molar-refractivity contribution in [3.05, 3.63) is 120 Å². The van der Waals surface area contributed by atoms with Gasteiger partial charge in [0.1, 0.15) is 23.0 Å². The van der Waals surface area contributed by atoms with Crippen LogP contribution in [0.25, 0.3) is 0 Å². The van der Waals surface area contributed by atoms with Crippen LogP contribution in [-0.4, -0.2) is 47.0 Å². The van der Waals surface area contributed by atoms with E-state index in [1.54, 1.807) is 9.80 Å². The number of carbonyl (C=O) groups is 4. The van der Waals surface area contributed by atoms with Gasteiger partial charge in [0.15, 0.2) is 0 Å². The minimum absolute atomic E-state index is 0.262. The molecule has 0 aromatic heterocycles. The van der Waals surface area contributed by atoms with E-state index >= 15 is 0 Å². The lowest BCUT2D eigenvalue weighted by Gasteiger charge is -2.33. The molecule has 0 aliphatic heterocycles. The third-order valence-electron chi connectivity index (χ3n) is 11.2. The average Bonchev–Trinajstić information content (AvgIpc) is 3.91. The largest absolute Gasteiger partial charge is 0.457 e. The van der Waals surface area contributed by atoms with Crippen molar-refractivity contribution in [2.24, 2.45) is 23.7 Å². The predicted octanol–water partition coefficient (Wildman–Crippen LogP) is 10.3. The molecule has 0 saturated heterocycles. The van der Waals surface area contributed by atoms with Gasteiger partial charge < -0.3 is 28.7 Å². The summed E-state index contributed by atoms with van der Waals surface area (Å²) in [5.74, 6) is 0.199. The molecule has 0 bridgehead atoms. The van der Waals surface area contributed by atoms with Gasteiger partial charge in [0.05, 0.1) is 11.8 Å². The van der Waals surface area contributed by atoms with Crippen molar-refractivity contribution < 1.29 is 38.1 Å². The third-order valence-corrected chi connectivity index (χ3v) is 11.2. The molecule has 0 N–H and O–H groups in total. The van der Waals surface area contributed by atoms with E-state index in [-0.39, 0.29) is 13.1 Å². The Morgan fingerprint density at radius 2 is 0.786 bits per heavy atom. The fourth-order valence-electron chi connectivity index (χ4n) is 7.95. The maximum absolute atomic E-state index is 13.6. The van der Waals surface area contributed by atoms with Gasteiger partial charge in [-0.2, -0.15) is 0 Å². The fraction of sp³-hybridized carbons (Fsp3) is 0.391. The second-order valence-electron chi connectivity index (χ2n) is 15.3. The summed E-state index contributed by atoms with van der Waals surface area (Å²) in [6, 6.07) is 34.0. The first-order valence-corrected chi connectivity index (χ1v) is 20.0. The number of nitrogens with zero attached hydrogens (tertiary/aromatic N) is 2. The molecule has 0 radical (unpaired) electrons. The zero-order valence-corrected chi connectivity index (χ0v) is 31.8. The van der Waals surface area contributed by atoms with E-state index in [0.717, 1.165) is 74.0 Å². The van der Waals surface area contributed by atoms with Crippen molar-refractivity contribution in [3.63, 3.8) is 0 Å². The van der Waals surface area contributed by atoms with E-state index in [4.69, 9.17) is 18.9 Å².